The highest BCUT2D eigenvalue weighted by atomic mass is 32.2. The van der Waals surface area contributed by atoms with Crippen molar-refractivity contribution >= 4 is 10.0 Å². The number of hydrogen-bond donors (Lipinski definition) is 1. The van der Waals surface area contributed by atoms with Gasteiger partial charge in [0.2, 0.25) is 10.0 Å². The summed E-state index contributed by atoms with van der Waals surface area (Å²) in [5, 5.41) is 8.70. The van der Waals surface area contributed by atoms with Crippen LogP contribution in [0.4, 0.5) is 13.2 Å². The summed E-state index contributed by atoms with van der Waals surface area (Å²) in [6, 6.07) is 12.9. The van der Waals surface area contributed by atoms with E-state index in [4.69, 9.17) is 5.26 Å². The van der Waals surface area contributed by atoms with Crippen LogP contribution in [-0.4, -0.2) is 21.2 Å². The van der Waals surface area contributed by atoms with Crippen LogP contribution in [0.1, 0.15) is 11.1 Å². The summed E-state index contributed by atoms with van der Waals surface area (Å²) in [4.78, 5) is 0.0108. The topological polar surface area (TPSA) is 79.2 Å². The number of nitriles is 1. The molecule has 0 saturated heterocycles. The molecule has 132 valence electrons. The molecule has 0 spiro atoms. The lowest BCUT2D eigenvalue weighted by Crippen LogP contribution is -2.23. The van der Waals surface area contributed by atoms with Gasteiger partial charge in [0.1, 0.15) is 5.75 Å². The quantitative estimate of drug-likeness (QED) is 0.848. The molecule has 25 heavy (non-hydrogen) atoms. The Kier molecular flexibility index (Phi) is 5.66. The standard InChI is InChI=1S/C16H13F3N2O3S/c17-16(18,19)11-24-14-5-1-13(2-6-14)10-21-25(22,23)15-7-3-12(9-20)4-8-15/h1-8,21H,10-11H2. The molecule has 1 N–H and O–H groups in total. The van der Waals surface area contributed by atoms with E-state index in [2.05, 4.69) is 9.46 Å². The molecule has 0 aliphatic rings. The number of halogens is 3. The molecule has 2 rings (SSSR count). The second-order valence-corrected chi connectivity index (χ2v) is 6.78. The summed E-state index contributed by atoms with van der Waals surface area (Å²) >= 11 is 0. The van der Waals surface area contributed by atoms with Crippen LogP contribution in [0, 0.1) is 11.3 Å². The van der Waals surface area contributed by atoms with Crippen LogP contribution in [0.5, 0.6) is 5.75 Å². The predicted molar refractivity (Wildman–Crippen MR) is 83.2 cm³/mol. The van der Waals surface area contributed by atoms with Crippen LogP contribution >= 0.6 is 0 Å². The SMILES string of the molecule is N#Cc1ccc(S(=O)(=O)NCc2ccc(OCC(F)(F)F)cc2)cc1. The number of nitrogens with one attached hydrogen (secondary N) is 1. The van der Waals surface area contributed by atoms with E-state index in [1.807, 2.05) is 6.07 Å². The smallest absolute Gasteiger partial charge is 0.422 e. The van der Waals surface area contributed by atoms with E-state index in [9.17, 15) is 21.6 Å². The monoisotopic (exact) mass is 370 g/mol. The van der Waals surface area contributed by atoms with Gasteiger partial charge < -0.3 is 4.74 Å². The molecule has 0 atom stereocenters. The molecule has 2 aromatic carbocycles. The third kappa shape index (κ3) is 5.77. The molecule has 0 unspecified atom stereocenters. The largest absolute Gasteiger partial charge is 0.484 e. The van der Waals surface area contributed by atoms with E-state index >= 15 is 0 Å². The zero-order chi connectivity index (χ0) is 18.5. The van der Waals surface area contributed by atoms with Crippen molar-refractivity contribution in [1.82, 2.24) is 4.72 Å². The predicted octanol–water partition coefficient (Wildman–Crippen LogP) is 2.98. The fraction of sp³-hybridized carbons (Fsp3) is 0.188. The highest BCUT2D eigenvalue weighted by Crippen LogP contribution is 2.19. The summed E-state index contributed by atoms with van der Waals surface area (Å²) in [6.07, 6.45) is -4.42. The molecule has 0 radical (unpaired) electrons. The number of hydrogen-bond acceptors (Lipinski definition) is 4. The second-order valence-electron chi connectivity index (χ2n) is 5.01. The van der Waals surface area contributed by atoms with Gasteiger partial charge in [0, 0.05) is 6.54 Å². The van der Waals surface area contributed by atoms with Crippen molar-refractivity contribution in [2.75, 3.05) is 6.61 Å². The molecule has 0 aliphatic heterocycles. The Morgan fingerprint density at radius 2 is 1.64 bits per heavy atom. The van der Waals surface area contributed by atoms with Crippen LogP contribution < -0.4 is 9.46 Å². The van der Waals surface area contributed by atoms with Crippen LogP contribution in [0.2, 0.25) is 0 Å². The van der Waals surface area contributed by atoms with Crippen molar-refractivity contribution < 1.29 is 26.3 Å². The number of rotatable bonds is 6. The molecule has 0 fully saturated rings. The second kappa shape index (κ2) is 7.55. The minimum atomic E-state index is -4.42. The number of alkyl halides is 3. The summed E-state index contributed by atoms with van der Waals surface area (Å²) in [5.74, 6) is 0.0380. The molecule has 0 bridgehead atoms. The Hall–Kier alpha value is -2.57. The van der Waals surface area contributed by atoms with Crippen molar-refractivity contribution in [3.05, 3.63) is 59.7 Å². The number of sulfonamides is 1. The lowest BCUT2D eigenvalue weighted by Gasteiger charge is -2.10. The van der Waals surface area contributed by atoms with Gasteiger partial charge in [0.25, 0.3) is 0 Å². The Balaban J connectivity index is 1.97. The van der Waals surface area contributed by atoms with Gasteiger partial charge in [-0.1, -0.05) is 12.1 Å². The van der Waals surface area contributed by atoms with Gasteiger partial charge in [-0.15, -0.1) is 0 Å². The van der Waals surface area contributed by atoms with E-state index < -0.39 is 22.8 Å². The van der Waals surface area contributed by atoms with Crippen molar-refractivity contribution in [3.63, 3.8) is 0 Å². The average molecular weight is 370 g/mol. The molecule has 5 nitrogen and oxygen atoms in total. The van der Waals surface area contributed by atoms with Gasteiger partial charge in [0.05, 0.1) is 16.5 Å². The molecule has 0 saturated carbocycles. The number of benzene rings is 2. The maximum atomic E-state index is 12.1. The summed E-state index contributed by atoms with van der Waals surface area (Å²) in [6.45, 7) is -1.43. The van der Waals surface area contributed by atoms with Crippen LogP contribution in [0.25, 0.3) is 0 Å². The molecule has 0 aliphatic carbocycles. The first-order valence-corrected chi connectivity index (χ1v) is 8.46. The fourth-order valence-electron chi connectivity index (χ4n) is 1.84. The van der Waals surface area contributed by atoms with Crippen LogP contribution in [0.3, 0.4) is 0 Å². The Bertz CT molecular complexity index is 855. The fourth-order valence-corrected chi connectivity index (χ4v) is 2.86. The molecular formula is C16H13F3N2O3S. The van der Waals surface area contributed by atoms with Gasteiger partial charge in [-0.25, -0.2) is 13.1 Å². The Morgan fingerprint density at radius 3 is 2.16 bits per heavy atom. The van der Waals surface area contributed by atoms with Gasteiger partial charge in [0.15, 0.2) is 6.61 Å². The zero-order valence-electron chi connectivity index (χ0n) is 12.7. The first kappa shape index (κ1) is 18.8. The third-order valence-corrected chi connectivity index (χ3v) is 4.50. The molecule has 0 aromatic heterocycles. The van der Waals surface area contributed by atoms with Crippen molar-refractivity contribution in [1.29, 1.82) is 5.26 Å². The van der Waals surface area contributed by atoms with E-state index in [1.165, 1.54) is 48.5 Å². The van der Waals surface area contributed by atoms with Gasteiger partial charge in [-0.05, 0) is 42.0 Å². The minimum Gasteiger partial charge on any atom is -0.484 e. The Labute approximate surface area is 142 Å². The summed E-state index contributed by atoms with van der Waals surface area (Å²) in [5.41, 5.74) is 0.893. The highest BCUT2D eigenvalue weighted by Gasteiger charge is 2.28. The summed E-state index contributed by atoms with van der Waals surface area (Å²) in [7, 11) is -3.76. The molecule has 9 heteroatoms. The molecule has 2 aromatic rings. The van der Waals surface area contributed by atoms with E-state index in [0.717, 1.165) is 0 Å². The first-order valence-electron chi connectivity index (χ1n) is 6.98. The highest BCUT2D eigenvalue weighted by molar-refractivity contribution is 7.89. The van der Waals surface area contributed by atoms with E-state index in [0.29, 0.717) is 11.1 Å². The van der Waals surface area contributed by atoms with Gasteiger partial charge in [-0.3, -0.25) is 0 Å². The lowest BCUT2D eigenvalue weighted by molar-refractivity contribution is -0.153. The average Bonchev–Trinajstić information content (AvgIpc) is 2.58. The molecule has 0 heterocycles. The first-order chi connectivity index (χ1) is 11.7. The third-order valence-electron chi connectivity index (χ3n) is 3.09. The molecular weight excluding hydrogens is 357 g/mol. The number of nitrogens with zero attached hydrogens (tertiary/aromatic N) is 1. The minimum absolute atomic E-state index is 0.0108. The van der Waals surface area contributed by atoms with E-state index in [1.54, 1.807) is 0 Å². The van der Waals surface area contributed by atoms with Crippen molar-refractivity contribution in [2.45, 2.75) is 17.6 Å². The lowest BCUT2D eigenvalue weighted by atomic mass is 10.2. The zero-order valence-corrected chi connectivity index (χ0v) is 13.6. The normalized spacial score (nSPS) is 11.8. The Morgan fingerprint density at radius 1 is 1.04 bits per heavy atom. The van der Waals surface area contributed by atoms with Crippen LogP contribution in [-0.2, 0) is 16.6 Å². The van der Waals surface area contributed by atoms with Gasteiger partial charge >= 0.3 is 6.18 Å². The summed E-state index contributed by atoms with van der Waals surface area (Å²) < 4.78 is 67.4. The maximum Gasteiger partial charge on any atom is 0.422 e. The maximum absolute atomic E-state index is 12.1. The van der Waals surface area contributed by atoms with Crippen molar-refractivity contribution in [2.24, 2.45) is 0 Å². The van der Waals surface area contributed by atoms with Gasteiger partial charge in [-0.2, -0.15) is 18.4 Å². The van der Waals surface area contributed by atoms with Crippen molar-refractivity contribution in [3.8, 4) is 11.8 Å². The van der Waals surface area contributed by atoms with Crippen LogP contribution in [0.15, 0.2) is 53.4 Å². The number of ether oxygens (including phenoxy) is 1. The van der Waals surface area contributed by atoms with E-state index in [-0.39, 0.29) is 17.2 Å². The molecule has 0 amide bonds.